The zero-order chi connectivity index (χ0) is 10.3. The van der Waals surface area contributed by atoms with E-state index in [1.165, 1.54) is 0 Å². The third-order valence-corrected chi connectivity index (χ3v) is 3.00. The molecule has 5 nitrogen and oxygen atoms in total. The largest absolute Gasteiger partial charge is 0.480 e. The molecule has 0 radical (unpaired) electrons. The van der Waals surface area contributed by atoms with Crippen molar-refractivity contribution in [1.82, 2.24) is 9.97 Å². The molecule has 0 bridgehead atoms. The summed E-state index contributed by atoms with van der Waals surface area (Å²) in [6, 6.07) is 0. The second-order valence-corrected chi connectivity index (χ2v) is 4.27. The van der Waals surface area contributed by atoms with Gasteiger partial charge in [-0.05, 0) is 0 Å². The smallest absolute Gasteiger partial charge is 0.233 e. The van der Waals surface area contributed by atoms with Gasteiger partial charge in [0.2, 0.25) is 5.88 Å². The second-order valence-electron chi connectivity index (χ2n) is 4.27. The molecule has 2 fully saturated rings. The van der Waals surface area contributed by atoms with Crippen LogP contribution in [0.2, 0.25) is 0 Å². The first-order valence-corrected chi connectivity index (χ1v) is 5.00. The standard InChI is InChI=1S/C10H13N3O2/c1-14-9-3-11-2-8(12-9)13-4-10(5-13)6-15-7-10/h2-3H,4-7H2,1H3. The van der Waals surface area contributed by atoms with Gasteiger partial charge < -0.3 is 14.4 Å². The molecule has 0 atom stereocenters. The first kappa shape index (κ1) is 8.91. The van der Waals surface area contributed by atoms with E-state index in [-0.39, 0.29) is 0 Å². The third kappa shape index (κ3) is 1.34. The number of nitrogens with zero attached hydrogens (tertiary/aromatic N) is 3. The summed E-state index contributed by atoms with van der Waals surface area (Å²) >= 11 is 0. The lowest BCUT2D eigenvalue weighted by Gasteiger charge is -2.55. The number of methoxy groups -OCH3 is 1. The van der Waals surface area contributed by atoms with Gasteiger partial charge in [-0.15, -0.1) is 0 Å². The van der Waals surface area contributed by atoms with Gasteiger partial charge in [0.15, 0.2) is 5.82 Å². The summed E-state index contributed by atoms with van der Waals surface area (Å²) in [4.78, 5) is 10.6. The SMILES string of the molecule is COc1cncc(N2CC3(COC3)C2)n1. The van der Waals surface area contributed by atoms with Crippen LogP contribution in [0.4, 0.5) is 5.82 Å². The van der Waals surface area contributed by atoms with Crippen molar-refractivity contribution in [3.05, 3.63) is 12.4 Å². The molecule has 1 aromatic rings. The fourth-order valence-electron chi connectivity index (χ4n) is 2.09. The molecule has 80 valence electrons. The van der Waals surface area contributed by atoms with E-state index in [9.17, 15) is 0 Å². The van der Waals surface area contributed by atoms with E-state index < -0.39 is 0 Å². The van der Waals surface area contributed by atoms with E-state index in [4.69, 9.17) is 9.47 Å². The molecular weight excluding hydrogens is 194 g/mol. The molecule has 0 amide bonds. The predicted octanol–water partition coefficient (Wildman–Crippen LogP) is 0.322. The highest BCUT2D eigenvalue weighted by molar-refractivity contribution is 5.43. The summed E-state index contributed by atoms with van der Waals surface area (Å²) in [5.41, 5.74) is 0.407. The Kier molecular flexibility index (Phi) is 1.82. The summed E-state index contributed by atoms with van der Waals surface area (Å²) in [7, 11) is 1.60. The van der Waals surface area contributed by atoms with Crippen LogP contribution in [0.25, 0.3) is 0 Å². The lowest BCUT2D eigenvalue weighted by Crippen LogP contribution is -2.66. The molecule has 0 saturated carbocycles. The molecule has 0 aromatic carbocycles. The molecule has 3 rings (SSSR count). The fourth-order valence-corrected chi connectivity index (χ4v) is 2.09. The molecule has 5 heteroatoms. The van der Waals surface area contributed by atoms with E-state index in [1.807, 2.05) is 0 Å². The number of anilines is 1. The highest BCUT2D eigenvalue weighted by atomic mass is 16.5. The molecule has 1 aromatic heterocycles. The van der Waals surface area contributed by atoms with Gasteiger partial charge in [-0.25, -0.2) is 0 Å². The Balaban J connectivity index is 1.72. The summed E-state index contributed by atoms with van der Waals surface area (Å²) < 4.78 is 10.3. The van der Waals surface area contributed by atoms with Crippen LogP contribution in [0.1, 0.15) is 0 Å². The lowest BCUT2D eigenvalue weighted by molar-refractivity contribution is -0.127. The Hall–Kier alpha value is -1.36. The van der Waals surface area contributed by atoms with E-state index >= 15 is 0 Å². The maximum atomic E-state index is 5.22. The van der Waals surface area contributed by atoms with Gasteiger partial charge in [0.25, 0.3) is 0 Å². The molecule has 0 aliphatic carbocycles. The molecule has 2 saturated heterocycles. The van der Waals surface area contributed by atoms with E-state index in [0.29, 0.717) is 11.3 Å². The molecular formula is C10H13N3O2. The van der Waals surface area contributed by atoms with Crippen molar-refractivity contribution in [3.63, 3.8) is 0 Å². The van der Waals surface area contributed by atoms with Crippen LogP contribution < -0.4 is 9.64 Å². The quantitative estimate of drug-likeness (QED) is 0.699. The minimum Gasteiger partial charge on any atom is -0.480 e. The summed E-state index contributed by atoms with van der Waals surface area (Å²) in [6.07, 6.45) is 3.39. The third-order valence-electron chi connectivity index (χ3n) is 3.00. The van der Waals surface area contributed by atoms with E-state index in [2.05, 4.69) is 14.9 Å². The maximum absolute atomic E-state index is 5.22. The van der Waals surface area contributed by atoms with Crippen LogP contribution in [-0.4, -0.2) is 43.4 Å². The highest BCUT2D eigenvalue weighted by Crippen LogP contribution is 2.39. The van der Waals surface area contributed by atoms with Gasteiger partial charge in [0, 0.05) is 13.1 Å². The average molecular weight is 207 g/mol. The van der Waals surface area contributed by atoms with Crippen molar-refractivity contribution in [2.24, 2.45) is 5.41 Å². The number of ether oxygens (including phenoxy) is 2. The fraction of sp³-hybridized carbons (Fsp3) is 0.600. The molecule has 15 heavy (non-hydrogen) atoms. The molecule has 0 N–H and O–H groups in total. The first-order valence-electron chi connectivity index (χ1n) is 5.00. The van der Waals surface area contributed by atoms with Crippen LogP contribution >= 0.6 is 0 Å². The van der Waals surface area contributed by atoms with Crippen molar-refractivity contribution in [1.29, 1.82) is 0 Å². The molecule has 2 aliphatic heterocycles. The number of aromatic nitrogens is 2. The summed E-state index contributed by atoms with van der Waals surface area (Å²) in [5, 5.41) is 0. The molecule has 0 unspecified atom stereocenters. The van der Waals surface area contributed by atoms with E-state index in [0.717, 1.165) is 32.1 Å². The Bertz CT molecular complexity index is 371. The lowest BCUT2D eigenvalue weighted by atomic mass is 9.78. The Morgan fingerprint density at radius 1 is 1.40 bits per heavy atom. The molecule has 3 heterocycles. The van der Waals surface area contributed by atoms with Gasteiger partial charge in [-0.3, -0.25) is 4.98 Å². The zero-order valence-corrected chi connectivity index (χ0v) is 8.64. The van der Waals surface area contributed by atoms with Gasteiger partial charge in [-0.2, -0.15) is 4.98 Å². The van der Waals surface area contributed by atoms with Crippen LogP contribution in [0, 0.1) is 5.41 Å². The number of hydrogen-bond acceptors (Lipinski definition) is 5. The van der Waals surface area contributed by atoms with Crippen molar-refractivity contribution >= 4 is 5.82 Å². The van der Waals surface area contributed by atoms with Crippen molar-refractivity contribution in [3.8, 4) is 5.88 Å². The zero-order valence-electron chi connectivity index (χ0n) is 8.64. The maximum Gasteiger partial charge on any atom is 0.233 e. The Labute approximate surface area is 88.0 Å². The summed E-state index contributed by atoms with van der Waals surface area (Å²) in [6.45, 7) is 3.82. The number of hydrogen-bond donors (Lipinski definition) is 0. The normalized spacial score (nSPS) is 22.1. The van der Waals surface area contributed by atoms with Crippen molar-refractivity contribution in [2.45, 2.75) is 0 Å². The second kappa shape index (κ2) is 3.06. The molecule has 1 spiro atoms. The first-order chi connectivity index (χ1) is 7.31. The minimum atomic E-state index is 0.407. The van der Waals surface area contributed by atoms with Crippen LogP contribution in [0.15, 0.2) is 12.4 Å². The average Bonchev–Trinajstić information content (AvgIpc) is 2.14. The van der Waals surface area contributed by atoms with E-state index in [1.54, 1.807) is 19.5 Å². The predicted molar refractivity (Wildman–Crippen MR) is 54.0 cm³/mol. The van der Waals surface area contributed by atoms with Crippen molar-refractivity contribution in [2.75, 3.05) is 38.3 Å². The van der Waals surface area contributed by atoms with Crippen LogP contribution in [-0.2, 0) is 4.74 Å². The van der Waals surface area contributed by atoms with Crippen LogP contribution in [0.3, 0.4) is 0 Å². The highest BCUT2D eigenvalue weighted by Gasteiger charge is 2.49. The minimum absolute atomic E-state index is 0.407. The van der Waals surface area contributed by atoms with Crippen LogP contribution in [0.5, 0.6) is 5.88 Å². The monoisotopic (exact) mass is 207 g/mol. The van der Waals surface area contributed by atoms with Gasteiger partial charge in [0.05, 0.1) is 38.1 Å². The van der Waals surface area contributed by atoms with Gasteiger partial charge >= 0.3 is 0 Å². The van der Waals surface area contributed by atoms with Gasteiger partial charge in [-0.1, -0.05) is 0 Å². The molecule has 2 aliphatic rings. The van der Waals surface area contributed by atoms with Gasteiger partial charge in [0.1, 0.15) is 0 Å². The Morgan fingerprint density at radius 2 is 2.20 bits per heavy atom. The number of rotatable bonds is 2. The summed E-state index contributed by atoms with van der Waals surface area (Å²) in [5.74, 6) is 1.46. The Morgan fingerprint density at radius 3 is 2.80 bits per heavy atom. The topological polar surface area (TPSA) is 47.5 Å². The van der Waals surface area contributed by atoms with Crippen molar-refractivity contribution < 1.29 is 9.47 Å².